The molecule has 0 aliphatic carbocycles. The van der Waals surface area contributed by atoms with Gasteiger partial charge in [-0.3, -0.25) is 0 Å². The molecule has 0 unspecified atom stereocenters. The third-order valence-electron chi connectivity index (χ3n) is 3.37. The molecule has 0 saturated heterocycles. The van der Waals surface area contributed by atoms with Gasteiger partial charge in [-0.15, -0.1) is 0 Å². The summed E-state index contributed by atoms with van der Waals surface area (Å²) in [5.74, 6) is 0.101. The van der Waals surface area contributed by atoms with Gasteiger partial charge in [0, 0.05) is 12.2 Å². The number of anilines is 1. The molecule has 0 heterocycles. The minimum atomic E-state index is -3.15. The van der Waals surface area contributed by atoms with Crippen LogP contribution >= 0.6 is 0 Å². The highest BCUT2D eigenvalue weighted by Crippen LogP contribution is 2.17. The number of hydrogen-bond donors (Lipinski definition) is 2. The number of benzene rings is 2. The van der Waals surface area contributed by atoms with Crippen LogP contribution in [0.4, 0.5) is 5.69 Å². The summed E-state index contributed by atoms with van der Waals surface area (Å²) in [5, 5.41) is 12.5. The van der Waals surface area contributed by atoms with Gasteiger partial charge in [0.1, 0.15) is 0 Å². The van der Waals surface area contributed by atoms with Crippen LogP contribution in [0.15, 0.2) is 53.4 Å². The quantitative estimate of drug-likeness (QED) is 0.861. The Balaban J connectivity index is 2.08. The molecule has 0 fully saturated rings. The maximum absolute atomic E-state index is 11.7. The van der Waals surface area contributed by atoms with Gasteiger partial charge in [0.25, 0.3) is 0 Å². The lowest BCUT2D eigenvalue weighted by molar-refractivity contribution is 0.280. The van der Waals surface area contributed by atoms with E-state index in [0.717, 1.165) is 16.8 Å². The zero-order valence-electron chi connectivity index (χ0n) is 11.9. The lowest BCUT2D eigenvalue weighted by Crippen LogP contribution is -2.05. The minimum Gasteiger partial charge on any atom is -0.392 e. The second-order valence-corrected chi connectivity index (χ2v) is 6.99. The Labute approximate surface area is 125 Å². The van der Waals surface area contributed by atoms with Gasteiger partial charge >= 0.3 is 0 Å². The van der Waals surface area contributed by atoms with Crippen molar-refractivity contribution in [1.29, 1.82) is 0 Å². The molecule has 2 aromatic carbocycles. The molecule has 0 aromatic heterocycles. The summed E-state index contributed by atoms with van der Waals surface area (Å²) in [6, 6.07) is 14.4. The molecule has 2 aromatic rings. The lowest BCUT2D eigenvalue weighted by Gasteiger charge is -2.10. The van der Waals surface area contributed by atoms with Gasteiger partial charge < -0.3 is 10.4 Å². The lowest BCUT2D eigenvalue weighted by atomic mass is 10.1. The Morgan fingerprint density at radius 2 is 1.62 bits per heavy atom. The second-order valence-electron chi connectivity index (χ2n) is 4.71. The van der Waals surface area contributed by atoms with E-state index in [9.17, 15) is 13.5 Å². The van der Waals surface area contributed by atoms with Gasteiger partial charge in [0.2, 0.25) is 0 Å². The number of aliphatic hydroxyl groups excluding tert-OH is 1. The van der Waals surface area contributed by atoms with E-state index in [-0.39, 0.29) is 12.4 Å². The molecule has 0 saturated carbocycles. The predicted molar refractivity (Wildman–Crippen MR) is 83.9 cm³/mol. The van der Waals surface area contributed by atoms with E-state index in [0.29, 0.717) is 11.4 Å². The summed E-state index contributed by atoms with van der Waals surface area (Å²) in [7, 11) is -3.15. The molecule has 4 nitrogen and oxygen atoms in total. The molecular weight excluding hydrogens is 286 g/mol. The molecule has 0 bridgehead atoms. The smallest absolute Gasteiger partial charge is 0.178 e. The van der Waals surface area contributed by atoms with E-state index in [2.05, 4.69) is 5.32 Å². The summed E-state index contributed by atoms with van der Waals surface area (Å²) < 4.78 is 23.5. The maximum atomic E-state index is 11.7. The van der Waals surface area contributed by atoms with Crippen LogP contribution in [0.5, 0.6) is 0 Å². The van der Waals surface area contributed by atoms with E-state index in [1.807, 2.05) is 24.3 Å². The number of hydrogen-bond acceptors (Lipinski definition) is 4. The van der Waals surface area contributed by atoms with E-state index >= 15 is 0 Å². The number of rotatable bonds is 6. The molecular formula is C16H19NO3S. The molecule has 0 spiro atoms. The Morgan fingerprint density at radius 3 is 2.19 bits per heavy atom. The van der Waals surface area contributed by atoms with Crippen molar-refractivity contribution >= 4 is 15.5 Å². The summed E-state index contributed by atoms with van der Waals surface area (Å²) in [5.41, 5.74) is 2.75. The van der Waals surface area contributed by atoms with Crippen LogP contribution in [0.1, 0.15) is 18.1 Å². The Kier molecular flexibility index (Phi) is 4.98. The maximum Gasteiger partial charge on any atom is 0.178 e. The molecule has 2 N–H and O–H groups in total. The van der Waals surface area contributed by atoms with Crippen LogP contribution in [-0.4, -0.2) is 19.3 Å². The van der Waals surface area contributed by atoms with Gasteiger partial charge in [-0.1, -0.05) is 31.2 Å². The fraction of sp³-hybridized carbons (Fsp3) is 0.250. The Hall–Kier alpha value is -1.85. The van der Waals surface area contributed by atoms with Crippen molar-refractivity contribution in [2.24, 2.45) is 0 Å². The Morgan fingerprint density at radius 1 is 1.00 bits per heavy atom. The molecule has 21 heavy (non-hydrogen) atoms. The van der Waals surface area contributed by atoms with Crippen molar-refractivity contribution < 1.29 is 13.5 Å². The van der Waals surface area contributed by atoms with Crippen molar-refractivity contribution in [3.63, 3.8) is 0 Å². The average Bonchev–Trinajstić information content (AvgIpc) is 2.53. The second kappa shape index (κ2) is 6.74. The molecule has 5 heteroatoms. The third kappa shape index (κ3) is 3.83. The van der Waals surface area contributed by atoms with Gasteiger partial charge in [0.15, 0.2) is 9.84 Å². The molecule has 2 rings (SSSR count). The predicted octanol–water partition coefficient (Wildman–Crippen LogP) is 2.58. The highest BCUT2D eigenvalue weighted by atomic mass is 32.2. The van der Waals surface area contributed by atoms with Crippen LogP contribution in [-0.2, 0) is 23.0 Å². The third-order valence-corrected chi connectivity index (χ3v) is 5.12. The zero-order valence-corrected chi connectivity index (χ0v) is 12.7. The van der Waals surface area contributed by atoms with E-state index < -0.39 is 9.84 Å². The molecule has 112 valence electrons. The highest BCUT2D eigenvalue weighted by Gasteiger charge is 2.10. The average molecular weight is 305 g/mol. The topological polar surface area (TPSA) is 66.4 Å². The van der Waals surface area contributed by atoms with Crippen molar-refractivity contribution in [1.82, 2.24) is 0 Å². The molecule has 0 atom stereocenters. The Bertz CT molecular complexity index is 694. The zero-order chi connectivity index (χ0) is 15.3. The fourth-order valence-corrected chi connectivity index (χ4v) is 2.91. The summed E-state index contributed by atoms with van der Waals surface area (Å²) in [6.45, 7) is 2.22. The van der Waals surface area contributed by atoms with Crippen molar-refractivity contribution in [2.45, 2.75) is 25.0 Å². The van der Waals surface area contributed by atoms with E-state index in [1.165, 1.54) is 0 Å². The van der Waals surface area contributed by atoms with Gasteiger partial charge in [-0.05, 0) is 35.4 Å². The van der Waals surface area contributed by atoms with Gasteiger partial charge in [-0.2, -0.15) is 0 Å². The first-order chi connectivity index (χ1) is 10.1. The standard InChI is InChI=1S/C16H19NO3S/c1-2-21(19,20)16-9-7-15(8-10-16)17-11-13-5-3-4-6-14(13)12-18/h3-10,17-18H,2,11-12H2,1H3. The van der Waals surface area contributed by atoms with Crippen LogP contribution < -0.4 is 5.32 Å². The first-order valence-electron chi connectivity index (χ1n) is 6.81. The molecule has 0 aliphatic heterocycles. The largest absolute Gasteiger partial charge is 0.392 e. The van der Waals surface area contributed by atoms with Crippen LogP contribution in [0.25, 0.3) is 0 Å². The van der Waals surface area contributed by atoms with Gasteiger partial charge in [0.05, 0.1) is 17.3 Å². The normalized spacial score (nSPS) is 11.3. The van der Waals surface area contributed by atoms with Gasteiger partial charge in [-0.25, -0.2) is 8.42 Å². The number of sulfone groups is 1. The first-order valence-corrected chi connectivity index (χ1v) is 8.46. The van der Waals surface area contributed by atoms with Crippen molar-refractivity contribution in [2.75, 3.05) is 11.1 Å². The van der Waals surface area contributed by atoms with Crippen molar-refractivity contribution in [3.05, 3.63) is 59.7 Å². The molecule has 0 radical (unpaired) electrons. The van der Waals surface area contributed by atoms with Crippen LogP contribution in [0.3, 0.4) is 0 Å². The van der Waals surface area contributed by atoms with E-state index in [1.54, 1.807) is 31.2 Å². The minimum absolute atomic E-state index is 0.00549. The SMILES string of the molecule is CCS(=O)(=O)c1ccc(NCc2ccccc2CO)cc1. The summed E-state index contributed by atoms with van der Waals surface area (Å²) >= 11 is 0. The van der Waals surface area contributed by atoms with Crippen LogP contribution in [0.2, 0.25) is 0 Å². The number of aliphatic hydroxyl groups is 1. The van der Waals surface area contributed by atoms with E-state index in [4.69, 9.17) is 0 Å². The van der Waals surface area contributed by atoms with Crippen LogP contribution in [0, 0.1) is 0 Å². The molecule has 0 amide bonds. The summed E-state index contributed by atoms with van der Waals surface area (Å²) in [4.78, 5) is 0.339. The highest BCUT2D eigenvalue weighted by molar-refractivity contribution is 7.91. The summed E-state index contributed by atoms with van der Waals surface area (Å²) in [6.07, 6.45) is 0. The first kappa shape index (κ1) is 15.5. The molecule has 0 aliphatic rings. The number of nitrogens with one attached hydrogen (secondary N) is 1. The van der Waals surface area contributed by atoms with Crippen molar-refractivity contribution in [3.8, 4) is 0 Å². The monoisotopic (exact) mass is 305 g/mol. The fourth-order valence-electron chi connectivity index (χ4n) is 2.03.